The molecule has 0 saturated heterocycles. The molecule has 0 aliphatic rings. The maximum atomic E-state index is 5.36. The summed E-state index contributed by atoms with van der Waals surface area (Å²) < 4.78 is 8.08. The Morgan fingerprint density at radius 1 is 1.48 bits per heavy atom. The largest absolute Gasteiger partial charge is 0.496 e. The van der Waals surface area contributed by atoms with E-state index in [2.05, 4.69) is 31.2 Å². The molecule has 2 rings (SSSR count). The minimum absolute atomic E-state index is 0.0821. The summed E-state index contributed by atoms with van der Waals surface area (Å²) in [6.07, 6.45) is 5.19. The lowest BCUT2D eigenvalue weighted by molar-refractivity contribution is 0.407. The van der Waals surface area contributed by atoms with Gasteiger partial charge in [0.1, 0.15) is 5.75 Å². The van der Waals surface area contributed by atoms with Crippen molar-refractivity contribution in [1.29, 1.82) is 0 Å². The van der Waals surface area contributed by atoms with Gasteiger partial charge in [-0.05, 0) is 39.7 Å². The highest BCUT2D eigenvalue weighted by Crippen LogP contribution is 2.21. The summed E-state index contributed by atoms with van der Waals surface area (Å²) in [5, 5.41) is 11.6. The van der Waals surface area contributed by atoms with E-state index in [1.807, 2.05) is 24.4 Å². The van der Waals surface area contributed by atoms with E-state index in [0.29, 0.717) is 6.54 Å². The van der Waals surface area contributed by atoms with Crippen LogP contribution in [0.4, 0.5) is 0 Å². The number of benzene rings is 1. The molecule has 0 radical (unpaired) electrons. The summed E-state index contributed by atoms with van der Waals surface area (Å²) >= 11 is 3.37. The van der Waals surface area contributed by atoms with Crippen molar-refractivity contribution in [3.8, 4) is 5.75 Å². The number of nitrogens with zero attached hydrogens (tertiary/aromatic N) is 4. The topological polar surface area (TPSA) is 104 Å². The molecule has 0 bridgehead atoms. The normalized spacial score (nSPS) is 10.8. The first-order chi connectivity index (χ1) is 10.1. The van der Waals surface area contributed by atoms with Gasteiger partial charge in [0, 0.05) is 11.8 Å². The Kier molecular flexibility index (Phi) is 4.94. The van der Waals surface area contributed by atoms with E-state index in [9.17, 15) is 0 Å². The number of aromatic nitrogens is 2. The summed E-state index contributed by atoms with van der Waals surface area (Å²) in [4.78, 5) is 0. The van der Waals surface area contributed by atoms with Gasteiger partial charge in [-0.1, -0.05) is 0 Å². The lowest BCUT2D eigenvalue weighted by Gasteiger charge is -2.09. The number of nitrogens with two attached hydrogens (primary N) is 2. The van der Waals surface area contributed by atoms with Crippen molar-refractivity contribution < 1.29 is 4.74 Å². The zero-order valence-corrected chi connectivity index (χ0v) is 13.0. The second-order valence-corrected chi connectivity index (χ2v) is 5.11. The van der Waals surface area contributed by atoms with Gasteiger partial charge in [0.05, 0.1) is 30.5 Å². The van der Waals surface area contributed by atoms with Crippen molar-refractivity contribution in [2.75, 3.05) is 7.11 Å². The van der Waals surface area contributed by atoms with Gasteiger partial charge in [0.25, 0.3) is 0 Å². The van der Waals surface area contributed by atoms with Crippen LogP contribution in [-0.4, -0.2) is 29.1 Å². The third-order valence-corrected chi connectivity index (χ3v) is 3.03. The highest BCUT2D eigenvalue weighted by Gasteiger charge is 2.06. The second-order valence-electron chi connectivity index (χ2n) is 4.20. The Balaban J connectivity index is 2.25. The molecule has 21 heavy (non-hydrogen) atoms. The summed E-state index contributed by atoms with van der Waals surface area (Å²) in [7, 11) is 1.63. The van der Waals surface area contributed by atoms with Crippen LogP contribution < -0.4 is 16.2 Å². The molecular weight excluding hydrogens is 336 g/mol. The van der Waals surface area contributed by atoms with Crippen LogP contribution in [-0.2, 0) is 6.54 Å². The van der Waals surface area contributed by atoms with Gasteiger partial charge in [-0.3, -0.25) is 4.68 Å². The van der Waals surface area contributed by atoms with Crippen LogP contribution in [0.3, 0.4) is 0 Å². The summed E-state index contributed by atoms with van der Waals surface area (Å²) in [5.74, 6) is 0.696. The molecule has 0 spiro atoms. The van der Waals surface area contributed by atoms with E-state index in [0.717, 1.165) is 21.3 Å². The van der Waals surface area contributed by atoms with Crippen molar-refractivity contribution in [2.45, 2.75) is 6.54 Å². The molecule has 1 heterocycles. The van der Waals surface area contributed by atoms with Gasteiger partial charge < -0.3 is 16.2 Å². The van der Waals surface area contributed by atoms with Crippen LogP contribution in [0.1, 0.15) is 11.1 Å². The second kappa shape index (κ2) is 6.89. The molecule has 110 valence electrons. The van der Waals surface area contributed by atoms with Crippen LogP contribution in [0.15, 0.2) is 45.3 Å². The Labute approximate surface area is 130 Å². The van der Waals surface area contributed by atoms with Gasteiger partial charge in [0.15, 0.2) is 0 Å². The Hall–Kier alpha value is -2.35. The molecule has 7 nitrogen and oxygen atoms in total. The third kappa shape index (κ3) is 4.32. The van der Waals surface area contributed by atoms with E-state index in [4.69, 9.17) is 16.2 Å². The molecule has 1 aromatic carbocycles. The molecule has 0 fully saturated rings. The Morgan fingerprint density at radius 3 is 2.90 bits per heavy atom. The fourth-order valence-electron chi connectivity index (χ4n) is 1.76. The van der Waals surface area contributed by atoms with Crippen molar-refractivity contribution >= 4 is 28.1 Å². The quantitative estimate of drug-likeness (QED) is 0.481. The average Bonchev–Trinajstić information content (AvgIpc) is 2.84. The zero-order valence-electron chi connectivity index (χ0n) is 11.4. The number of rotatable bonds is 5. The maximum Gasteiger partial charge on any atom is 0.211 e. The van der Waals surface area contributed by atoms with E-state index in [1.165, 1.54) is 0 Å². The summed E-state index contributed by atoms with van der Waals surface area (Å²) in [5.41, 5.74) is 12.3. The van der Waals surface area contributed by atoms with Crippen LogP contribution in [0.25, 0.3) is 0 Å². The maximum absolute atomic E-state index is 5.36. The smallest absolute Gasteiger partial charge is 0.211 e. The number of hydrogen-bond donors (Lipinski definition) is 2. The van der Waals surface area contributed by atoms with Crippen LogP contribution in [0.5, 0.6) is 5.75 Å². The molecule has 1 aromatic heterocycles. The fourth-order valence-corrected chi connectivity index (χ4v) is 2.09. The van der Waals surface area contributed by atoms with E-state index in [1.54, 1.807) is 24.2 Å². The Morgan fingerprint density at radius 2 is 2.29 bits per heavy atom. The highest BCUT2D eigenvalue weighted by molar-refractivity contribution is 9.10. The van der Waals surface area contributed by atoms with Crippen molar-refractivity contribution in [2.24, 2.45) is 21.7 Å². The van der Waals surface area contributed by atoms with E-state index < -0.39 is 0 Å². The third-order valence-electron chi connectivity index (χ3n) is 2.62. The minimum atomic E-state index is -0.0821. The predicted molar refractivity (Wildman–Crippen MR) is 85.4 cm³/mol. The number of methoxy groups -OCH3 is 1. The molecule has 0 unspecified atom stereocenters. The van der Waals surface area contributed by atoms with Crippen molar-refractivity contribution in [1.82, 2.24) is 9.78 Å². The molecule has 0 amide bonds. The van der Waals surface area contributed by atoms with Crippen molar-refractivity contribution in [3.63, 3.8) is 0 Å². The van der Waals surface area contributed by atoms with Gasteiger partial charge in [-0.15, -0.1) is 5.10 Å². The molecule has 4 N–H and O–H groups in total. The molecule has 2 aromatic rings. The number of hydrogen-bond acceptors (Lipinski definition) is 4. The molecule has 0 atom stereocenters. The lowest BCUT2D eigenvalue weighted by atomic mass is 10.1. The molecule has 0 aliphatic heterocycles. The van der Waals surface area contributed by atoms with Gasteiger partial charge in [-0.2, -0.15) is 10.2 Å². The number of ether oxygens (including phenoxy) is 1. The van der Waals surface area contributed by atoms with Crippen LogP contribution in [0, 0.1) is 0 Å². The zero-order chi connectivity index (χ0) is 15.2. The fraction of sp³-hybridized carbons (Fsp3) is 0.154. The van der Waals surface area contributed by atoms with E-state index in [-0.39, 0.29) is 5.96 Å². The molecule has 8 heteroatoms. The number of halogens is 1. The molecule has 0 saturated carbocycles. The van der Waals surface area contributed by atoms with Crippen LogP contribution >= 0.6 is 15.9 Å². The highest BCUT2D eigenvalue weighted by atomic mass is 79.9. The summed E-state index contributed by atoms with van der Waals surface area (Å²) in [6, 6.07) is 5.68. The molecule has 0 aliphatic carbocycles. The predicted octanol–water partition coefficient (Wildman–Crippen LogP) is 1.31. The molecular formula is C13H15BrN6O. The first-order valence-electron chi connectivity index (χ1n) is 6.05. The van der Waals surface area contributed by atoms with Crippen molar-refractivity contribution in [3.05, 3.63) is 46.2 Å². The van der Waals surface area contributed by atoms with Gasteiger partial charge in [0.2, 0.25) is 5.96 Å². The lowest BCUT2D eigenvalue weighted by Crippen LogP contribution is -2.21. The van der Waals surface area contributed by atoms with E-state index >= 15 is 0 Å². The average molecular weight is 351 g/mol. The Bertz CT molecular complexity index is 675. The standard InChI is InChI=1S/C13H15BrN6O/c1-21-12-3-2-9(5-17-19-13(15)16)4-10(12)7-20-8-11(14)6-18-20/h2-6,8H,7H2,1H3,(H4,15,16,19). The minimum Gasteiger partial charge on any atom is -0.496 e. The first kappa shape index (κ1) is 15.0. The number of guanidine groups is 1. The SMILES string of the molecule is COc1ccc(C=NN=C(N)N)cc1Cn1cc(Br)cn1. The summed E-state index contributed by atoms with van der Waals surface area (Å²) in [6.45, 7) is 0.582. The van der Waals surface area contributed by atoms with Crippen LogP contribution in [0.2, 0.25) is 0 Å². The first-order valence-corrected chi connectivity index (χ1v) is 6.84. The monoisotopic (exact) mass is 350 g/mol. The van der Waals surface area contributed by atoms with Gasteiger partial charge in [-0.25, -0.2) is 0 Å². The van der Waals surface area contributed by atoms with Gasteiger partial charge >= 0.3 is 0 Å².